The Labute approximate surface area is 72.7 Å². The van der Waals surface area contributed by atoms with E-state index >= 15 is 0 Å². The summed E-state index contributed by atoms with van der Waals surface area (Å²) in [6.45, 7) is 5.79. The average molecular weight is 177 g/mol. The molecule has 0 aliphatic heterocycles. The van der Waals surface area contributed by atoms with Gasteiger partial charge >= 0.3 is 0 Å². The molecular formula is C9H14ClF. The molecule has 0 aromatic carbocycles. The van der Waals surface area contributed by atoms with E-state index in [2.05, 4.69) is 0 Å². The normalized spacial score (nSPS) is 17.0. The molecule has 0 saturated carbocycles. The Balaban J connectivity index is 0.000000461. The van der Waals surface area contributed by atoms with E-state index in [0.717, 1.165) is 18.4 Å². The molecule has 0 aromatic rings. The zero-order chi connectivity index (χ0) is 8.85. The maximum Gasteiger partial charge on any atom is 0.123 e. The van der Waals surface area contributed by atoms with Crippen LogP contribution in [0.25, 0.3) is 0 Å². The number of allylic oxidation sites excluding steroid dienone is 4. The molecule has 0 heterocycles. The van der Waals surface area contributed by atoms with Gasteiger partial charge < -0.3 is 0 Å². The molecule has 0 unspecified atom stereocenters. The third-order valence-electron chi connectivity index (χ3n) is 1.43. The Morgan fingerprint density at radius 3 is 2.27 bits per heavy atom. The molecule has 1 aliphatic rings. The van der Waals surface area contributed by atoms with Crippen molar-refractivity contribution in [2.24, 2.45) is 0 Å². The molecular weight excluding hydrogens is 163 g/mol. The van der Waals surface area contributed by atoms with E-state index in [-0.39, 0.29) is 5.83 Å². The Morgan fingerprint density at radius 1 is 1.36 bits per heavy atom. The van der Waals surface area contributed by atoms with Crippen molar-refractivity contribution in [3.63, 3.8) is 0 Å². The van der Waals surface area contributed by atoms with Crippen LogP contribution in [0.15, 0.2) is 22.5 Å². The third-order valence-corrected chi connectivity index (χ3v) is 1.73. The zero-order valence-electron chi connectivity index (χ0n) is 7.25. The predicted molar refractivity (Wildman–Crippen MR) is 48.3 cm³/mol. The molecule has 0 amide bonds. The summed E-state index contributed by atoms with van der Waals surface area (Å²) >= 11 is 5.56. The quantitative estimate of drug-likeness (QED) is 0.520. The minimum atomic E-state index is -0.161. The highest BCUT2D eigenvalue weighted by atomic mass is 35.5. The van der Waals surface area contributed by atoms with Crippen LogP contribution in [0.2, 0.25) is 0 Å². The Hall–Kier alpha value is -0.300. The van der Waals surface area contributed by atoms with Crippen molar-refractivity contribution >= 4 is 11.6 Å². The topological polar surface area (TPSA) is 0 Å². The average Bonchev–Trinajstić information content (AvgIpc) is 2.02. The van der Waals surface area contributed by atoms with E-state index in [1.54, 1.807) is 6.92 Å². The lowest BCUT2D eigenvalue weighted by Crippen LogP contribution is -1.88. The van der Waals surface area contributed by atoms with Crippen molar-refractivity contribution in [3.05, 3.63) is 22.5 Å². The molecule has 0 atom stereocenters. The molecule has 0 saturated heterocycles. The summed E-state index contributed by atoms with van der Waals surface area (Å²) in [5, 5.41) is 0.623. The lowest BCUT2D eigenvalue weighted by molar-refractivity contribution is 0.635. The van der Waals surface area contributed by atoms with Crippen LogP contribution in [-0.4, -0.2) is 0 Å². The van der Waals surface area contributed by atoms with Gasteiger partial charge in [-0.2, -0.15) is 0 Å². The second-order valence-electron chi connectivity index (χ2n) is 2.22. The molecule has 11 heavy (non-hydrogen) atoms. The highest BCUT2D eigenvalue weighted by Crippen LogP contribution is 2.25. The SMILES string of the molecule is CC.CC1=C(F)C=C(Cl)CC1. The summed E-state index contributed by atoms with van der Waals surface area (Å²) in [7, 11) is 0. The lowest BCUT2D eigenvalue weighted by atomic mass is 10.1. The van der Waals surface area contributed by atoms with Crippen LogP contribution in [0.1, 0.15) is 33.6 Å². The maximum absolute atomic E-state index is 12.5. The molecule has 64 valence electrons. The summed E-state index contributed by atoms with van der Waals surface area (Å²) in [4.78, 5) is 0. The van der Waals surface area contributed by atoms with Gasteiger partial charge in [-0.25, -0.2) is 4.39 Å². The Morgan fingerprint density at radius 2 is 1.91 bits per heavy atom. The molecule has 2 heteroatoms. The first kappa shape index (κ1) is 10.7. The summed E-state index contributed by atoms with van der Waals surface area (Å²) in [5.74, 6) is -0.161. The van der Waals surface area contributed by atoms with Gasteiger partial charge in [0.1, 0.15) is 5.83 Å². The van der Waals surface area contributed by atoms with Gasteiger partial charge in [0, 0.05) is 5.03 Å². The number of hydrogen-bond donors (Lipinski definition) is 0. The molecule has 1 aliphatic carbocycles. The van der Waals surface area contributed by atoms with Crippen molar-refractivity contribution < 1.29 is 4.39 Å². The van der Waals surface area contributed by atoms with E-state index in [1.807, 2.05) is 13.8 Å². The van der Waals surface area contributed by atoms with Gasteiger partial charge in [-0.1, -0.05) is 25.4 Å². The minimum Gasteiger partial charge on any atom is -0.207 e. The van der Waals surface area contributed by atoms with Crippen molar-refractivity contribution in [2.75, 3.05) is 0 Å². The largest absolute Gasteiger partial charge is 0.207 e. The van der Waals surface area contributed by atoms with E-state index in [4.69, 9.17) is 11.6 Å². The van der Waals surface area contributed by atoms with Crippen LogP contribution in [-0.2, 0) is 0 Å². The molecule has 0 radical (unpaired) electrons. The molecule has 1 rings (SSSR count). The first-order valence-electron chi connectivity index (χ1n) is 3.91. The van der Waals surface area contributed by atoms with Gasteiger partial charge in [-0.15, -0.1) is 0 Å². The van der Waals surface area contributed by atoms with E-state index < -0.39 is 0 Å². The first-order valence-corrected chi connectivity index (χ1v) is 4.29. The summed E-state index contributed by atoms with van der Waals surface area (Å²) in [6.07, 6.45) is 2.95. The Bertz CT molecular complexity index is 180. The van der Waals surface area contributed by atoms with Gasteiger partial charge in [0.25, 0.3) is 0 Å². The van der Waals surface area contributed by atoms with E-state index in [0.29, 0.717) is 5.03 Å². The standard InChI is InChI=1S/C7H8ClF.C2H6/c1-5-2-3-6(8)4-7(5)9;1-2/h4H,2-3H2,1H3;1-2H3. The monoisotopic (exact) mass is 176 g/mol. The van der Waals surface area contributed by atoms with Gasteiger partial charge in [-0.3, -0.25) is 0 Å². The van der Waals surface area contributed by atoms with Gasteiger partial charge in [0.15, 0.2) is 0 Å². The maximum atomic E-state index is 12.5. The summed E-state index contributed by atoms with van der Waals surface area (Å²) in [5.41, 5.74) is 0.805. The minimum absolute atomic E-state index is 0.161. The highest BCUT2D eigenvalue weighted by molar-refractivity contribution is 6.29. The molecule has 0 bridgehead atoms. The second kappa shape index (κ2) is 5.36. The summed E-state index contributed by atoms with van der Waals surface area (Å²) < 4.78 is 12.5. The van der Waals surface area contributed by atoms with E-state index in [9.17, 15) is 4.39 Å². The fraction of sp³-hybridized carbons (Fsp3) is 0.556. The lowest BCUT2D eigenvalue weighted by Gasteiger charge is -2.06. The molecule has 0 N–H and O–H groups in total. The van der Waals surface area contributed by atoms with Gasteiger partial charge in [0.2, 0.25) is 0 Å². The molecule has 0 nitrogen and oxygen atoms in total. The summed E-state index contributed by atoms with van der Waals surface area (Å²) in [6, 6.07) is 0. The number of halogens is 2. The molecule has 0 fully saturated rings. The number of rotatable bonds is 0. The fourth-order valence-electron chi connectivity index (χ4n) is 0.759. The van der Waals surface area contributed by atoms with Crippen LogP contribution in [0, 0.1) is 0 Å². The highest BCUT2D eigenvalue weighted by Gasteiger charge is 2.06. The first-order chi connectivity index (χ1) is 5.20. The van der Waals surface area contributed by atoms with Crippen LogP contribution >= 0.6 is 11.6 Å². The van der Waals surface area contributed by atoms with Crippen LogP contribution in [0.4, 0.5) is 4.39 Å². The molecule has 0 spiro atoms. The molecule has 0 aromatic heterocycles. The van der Waals surface area contributed by atoms with E-state index in [1.165, 1.54) is 6.08 Å². The smallest absolute Gasteiger partial charge is 0.123 e. The predicted octanol–water partition coefficient (Wildman–Crippen LogP) is 4.17. The Kier molecular flexibility index (Phi) is 5.22. The van der Waals surface area contributed by atoms with Crippen molar-refractivity contribution in [3.8, 4) is 0 Å². The van der Waals surface area contributed by atoms with Gasteiger partial charge in [0.05, 0.1) is 0 Å². The fourth-order valence-corrected chi connectivity index (χ4v) is 0.949. The number of hydrogen-bond acceptors (Lipinski definition) is 0. The van der Waals surface area contributed by atoms with Crippen LogP contribution < -0.4 is 0 Å². The van der Waals surface area contributed by atoms with Crippen LogP contribution in [0.5, 0.6) is 0 Å². The van der Waals surface area contributed by atoms with Crippen LogP contribution in [0.3, 0.4) is 0 Å². The second-order valence-corrected chi connectivity index (χ2v) is 2.70. The van der Waals surface area contributed by atoms with Gasteiger partial charge in [-0.05, 0) is 31.4 Å². The van der Waals surface area contributed by atoms with Crippen molar-refractivity contribution in [1.82, 2.24) is 0 Å². The third kappa shape index (κ3) is 3.57. The van der Waals surface area contributed by atoms with Crippen molar-refractivity contribution in [2.45, 2.75) is 33.6 Å². The zero-order valence-corrected chi connectivity index (χ0v) is 8.00. The van der Waals surface area contributed by atoms with Crippen molar-refractivity contribution in [1.29, 1.82) is 0 Å².